The third-order valence-corrected chi connectivity index (χ3v) is 3.76. The van der Waals surface area contributed by atoms with E-state index >= 15 is 0 Å². The Bertz CT molecular complexity index is 213. The molecule has 1 aliphatic heterocycles. The standard InChI is InChI=1S/C11H18O3/c12-10(13)9-8-11(6-7-14-9)4-2-1-3-5-11/h9H,1-8H2,(H,12,13). The summed E-state index contributed by atoms with van der Waals surface area (Å²) >= 11 is 0. The van der Waals surface area contributed by atoms with Crippen molar-refractivity contribution >= 4 is 5.97 Å². The molecule has 1 unspecified atom stereocenters. The Balaban J connectivity index is 2.01. The van der Waals surface area contributed by atoms with Crippen molar-refractivity contribution in [1.29, 1.82) is 0 Å². The second-order valence-electron chi connectivity index (χ2n) is 4.71. The van der Waals surface area contributed by atoms with Crippen molar-refractivity contribution in [3.63, 3.8) is 0 Å². The third-order valence-electron chi connectivity index (χ3n) is 3.76. The summed E-state index contributed by atoms with van der Waals surface area (Å²) in [6.07, 6.45) is 7.54. The maximum atomic E-state index is 10.9. The number of ether oxygens (including phenoxy) is 1. The van der Waals surface area contributed by atoms with Crippen LogP contribution >= 0.6 is 0 Å². The Labute approximate surface area is 84.4 Å². The SMILES string of the molecule is O=C(O)C1CC2(CCCCC2)CCO1. The Morgan fingerprint density at radius 2 is 1.93 bits per heavy atom. The normalized spacial score (nSPS) is 31.6. The number of aliphatic carboxylic acids is 1. The molecule has 0 aromatic carbocycles. The maximum absolute atomic E-state index is 10.9. The molecule has 14 heavy (non-hydrogen) atoms. The van der Waals surface area contributed by atoms with E-state index in [1.807, 2.05) is 0 Å². The number of hydrogen-bond donors (Lipinski definition) is 1. The predicted octanol–water partition coefficient (Wildman–Crippen LogP) is 2.20. The zero-order valence-electron chi connectivity index (χ0n) is 8.50. The molecular formula is C11H18O3. The highest BCUT2D eigenvalue weighted by molar-refractivity contribution is 5.72. The van der Waals surface area contributed by atoms with Gasteiger partial charge in [-0.05, 0) is 31.1 Å². The van der Waals surface area contributed by atoms with Crippen LogP contribution in [0.4, 0.5) is 0 Å². The van der Waals surface area contributed by atoms with Crippen LogP contribution in [0.5, 0.6) is 0 Å². The molecule has 1 aliphatic carbocycles. The number of rotatable bonds is 1. The highest BCUT2D eigenvalue weighted by Crippen LogP contribution is 2.45. The van der Waals surface area contributed by atoms with E-state index in [4.69, 9.17) is 9.84 Å². The summed E-state index contributed by atoms with van der Waals surface area (Å²) in [5, 5.41) is 8.93. The summed E-state index contributed by atoms with van der Waals surface area (Å²) in [6.45, 7) is 0.636. The fraction of sp³-hybridized carbons (Fsp3) is 0.909. The maximum Gasteiger partial charge on any atom is 0.332 e. The average molecular weight is 198 g/mol. The van der Waals surface area contributed by atoms with Crippen LogP contribution in [0.15, 0.2) is 0 Å². The summed E-state index contributed by atoms with van der Waals surface area (Å²) in [7, 11) is 0. The minimum atomic E-state index is -0.783. The molecule has 1 saturated heterocycles. The summed E-state index contributed by atoms with van der Waals surface area (Å²) in [5.74, 6) is -0.783. The first-order valence-corrected chi connectivity index (χ1v) is 5.56. The Kier molecular flexibility index (Phi) is 2.77. The number of hydrogen-bond acceptors (Lipinski definition) is 2. The van der Waals surface area contributed by atoms with E-state index in [0.29, 0.717) is 12.0 Å². The van der Waals surface area contributed by atoms with E-state index in [9.17, 15) is 4.79 Å². The Hall–Kier alpha value is -0.570. The highest BCUT2D eigenvalue weighted by atomic mass is 16.5. The minimum absolute atomic E-state index is 0.305. The summed E-state index contributed by atoms with van der Waals surface area (Å²) in [6, 6.07) is 0. The first-order chi connectivity index (χ1) is 6.72. The lowest BCUT2D eigenvalue weighted by Crippen LogP contribution is -2.40. The quantitative estimate of drug-likeness (QED) is 0.702. The topological polar surface area (TPSA) is 46.5 Å². The van der Waals surface area contributed by atoms with Gasteiger partial charge >= 0.3 is 5.97 Å². The number of carbonyl (C=O) groups is 1. The molecule has 0 bridgehead atoms. The van der Waals surface area contributed by atoms with E-state index in [2.05, 4.69) is 0 Å². The van der Waals surface area contributed by atoms with E-state index < -0.39 is 12.1 Å². The molecule has 1 saturated carbocycles. The molecule has 0 aromatic heterocycles. The molecule has 2 rings (SSSR count). The van der Waals surface area contributed by atoms with E-state index in [-0.39, 0.29) is 0 Å². The fourth-order valence-corrected chi connectivity index (χ4v) is 2.89. The Morgan fingerprint density at radius 1 is 1.21 bits per heavy atom. The van der Waals surface area contributed by atoms with Gasteiger partial charge in [-0.3, -0.25) is 0 Å². The molecule has 0 aromatic rings. The molecule has 1 heterocycles. The monoisotopic (exact) mass is 198 g/mol. The van der Waals surface area contributed by atoms with Crippen molar-refractivity contribution in [2.45, 2.75) is 51.0 Å². The molecule has 1 atom stereocenters. The van der Waals surface area contributed by atoms with E-state index in [1.54, 1.807) is 0 Å². The third kappa shape index (κ3) is 1.92. The average Bonchev–Trinajstić information content (AvgIpc) is 2.19. The van der Waals surface area contributed by atoms with Crippen LogP contribution in [0.25, 0.3) is 0 Å². The van der Waals surface area contributed by atoms with Crippen LogP contribution in [-0.4, -0.2) is 23.8 Å². The first kappa shape index (κ1) is 9.97. The van der Waals surface area contributed by atoms with Gasteiger partial charge in [0.25, 0.3) is 0 Å². The molecule has 2 aliphatic rings. The van der Waals surface area contributed by atoms with Gasteiger partial charge in [-0.2, -0.15) is 0 Å². The predicted molar refractivity (Wildman–Crippen MR) is 52.1 cm³/mol. The lowest BCUT2D eigenvalue weighted by atomic mass is 9.68. The van der Waals surface area contributed by atoms with Crippen molar-refractivity contribution in [2.75, 3.05) is 6.61 Å². The van der Waals surface area contributed by atoms with Crippen LogP contribution in [0, 0.1) is 5.41 Å². The van der Waals surface area contributed by atoms with E-state index in [0.717, 1.165) is 12.8 Å². The van der Waals surface area contributed by atoms with Gasteiger partial charge in [-0.1, -0.05) is 19.3 Å². The van der Waals surface area contributed by atoms with Gasteiger partial charge in [0.2, 0.25) is 0 Å². The molecule has 0 radical (unpaired) electrons. The van der Waals surface area contributed by atoms with Gasteiger partial charge in [0.05, 0.1) is 0 Å². The van der Waals surface area contributed by atoms with Gasteiger partial charge in [-0.15, -0.1) is 0 Å². The van der Waals surface area contributed by atoms with Crippen LogP contribution in [0.2, 0.25) is 0 Å². The molecule has 80 valence electrons. The second kappa shape index (κ2) is 3.89. The molecule has 1 N–H and O–H groups in total. The molecule has 0 amide bonds. The van der Waals surface area contributed by atoms with Crippen molar-refractivity contribution in [2.24, 2.45) is 5.41 Å². The van der Waals surface area contributed by atoms with Gasteiger partial charge in [0, 0.05) is 6.61 Å². The van der Waals surface area contributed by atoms with Gasteiger partial charge in [-0.25, -0.2) is 4.79 Å². The molecule has 2 fully saturated rings. The van der Waals surface area contributed by atoms with E-state index in [1.165, 1.54) is 32.1 Å². The fourth-order valence-electron chi connectivity index (χ4n) is 2.89. The Morgan fingerprint density at radius 3 is 2.57 bits per heavy atom. The molecular weight excluding hydrogens is 180 g/mol. The summed E-state index contributed by atoms with van der Waals surface area (Å²) < 4.78 is 5.27. The van der Waals surface area contributed by atoms with Crippen molar-refractivity contribution < 1.29 is 14.6 Å². The first-order valence-electron chi connectivity index (χ1n) is 5.56. The zero-order chi connectivity index (χ0) is 10.0. The van der Waals surface area contributed by atoms with Crippen molar-refractivity contribution in [3.8, 4) is 0 Å². The van der Waals surface area contributed by atoms with Crippen molar-refractivity contribution in [3.05, 3.63) is 0 Å². The van der Waals surface area contributed by atoms with Crippen LogP contribution < -0.4 is 0 Å². The lowest BCUT2D eigenvalue weighted by molar-refractivity contribution is -0.160. The van der Waals surface area contributed by atoms with Crippen LogP contribution in [-0.2, 0) is 9.53 Å². The smallest absolute Gasteiger partial charge is 0.332 e. The minimum Gasteiger partial charge on any atom is -0.479 e. The van der Waals surface area contributed by atoms with Crippen molar-refractivity contribution in [1.82, 2.24) is 0 Å². The molecule has 3 nitrogen and oxygen atoms in total. The summed E-state index contributed by atoms with van der Waals surface area (Å²) in [5.41, 5.74) is 0.305. The number of carboxylic acid groups (broad SMARTS) is 1. The van der Waals surface area contributed by atoms with Crippen LogP contribution in [0.3, 0.4) is 0 Å². The molecule has 1 spiro atoms. The van der Waals surface area contributed by atoms with Gasteiger partial charge in [0.15, 0.2) is 6.10 Å². The highest BCUT2D eigenvalue weighted by Gasteiger charge is 2.40. The second-order valence-corrected chi connectivity index (χ2v) is 4.71. The van der Waals surface area contributed by atoms with Gasteiger partial charge in [0.1, 0.15) is 0 Å². The lowest BCUT2D eigenvalue weighted by Gasteiger charge is -2.42. The summed E-state index contributed by atoms with van der Waals surface area (Å²) in [4.78, 5) is 10.9. The zero-order valence-corrected chi connectivity index (χ0v) is 8.50. The van der Waals surface area contributed by atoms with Crippen LogP contribution in [0.1, 0.15) is 44.9 Å². The molecule has 3 heteroatoms. The largest absolute Gasteiger partial charge is 0.479 e. The number of carboxylic acids is 1. The van der Waals surface area contributed by atoms with Gasteiger partial charge < -0.3 is 9.84 Å².